The zero-order chi connectivity index (χ0) is 13.5. The summed E-state index contributed by atoms with van der Waals surface area (Å²) >= 11 is 0. The van der Waals surface area contributed by atoms with Crippen molar-refractivity contribution in [1.29, 1.82) is 0 Å². The minimum absolute atomic E-state index is 0.165. The van der Waals surface area contributed by atoms with Gasteiger partial charge in [-0.1, -0.05) is 17.3 Å². The van der Waals surface area contributed by atoms with Crippen LogP contribution < -0.4 is 10.1 Å². The van der Waals surface area contributed by atoms with Gasteiger partial charge in [-0.15, -0.1) is 0 Å². The molecule has 1 rings (SSSR count). The lowest BCUT2D eigenvalue weighted by Gasteiger charge is -2.13. The van der Waals surface area contributed by atoms with Crippen LogP contribution in [0.4, 0.5) is 0 Å². The predicted octanol–water partition coefficient (Wildman–Crippen LogP) is 1.59. The Labute approximate surface area is 106 Å². The largest absolute Gasteiger partial charge is 0.481 e. The van der Waals surface area contributed by atoms with E-state index >= 15 is 0 Å². The maximum Gasteiger partial charge on any atom is 0.260 e. The van der Waals surface area contributed by atoms with Crippen LogP contribution in [0, 0.1) is 0 Å². The molecule has 0 radical (unpaired) electrons. The molecule has 0 aliphatic heterocycles. The molecular weight excluding hydrogens is 232 g/mol. The van der Waals surface area contributed by atoms with Crippen molar-refractivity contribution in [3.63, 3.8) is 0 Å². The Morgan fingerprint density at radius 1 is 1.44 bits per heavy atom. The minimum Gasteiger partial charge on any atom is -0.481 e. The molecule has 1 amide bonds. The Morgan fingerprint density at radius 2 is 2.06 bits per heavy atom. The van der Waals surface area contributed by atoms with Gasteiger partial charge in [-0.3, -0.25) is 4.79 Å². The van der Waals surface area contributed by atoms with Crippen molar-refractivity contribution in [3.8, 4) is 5.75 Å². The number of rotatable bonds is 5. The molecule has 0 heterocycles. The fourth-order valence-corrected chi connectivity index (χ4v) is 1.48. The van der Waals surface area contributed by atoms with Crippen molar-refractivity contribution < 1.29 is 14.7 Å². The van der Waals surface area contributed by atoms with Crippen LogP contribution in [-0.2, 0) is 11.2 Å². The first-order chi connectivity index (χ1) is 8.56. The Kier molecular flexibility index (Phi) is 5.17. The number of benzene rings is 1. The second-order valence-corrected chi connectivity index (χ2v) is 4.03. The summed E-state index contributed by atoms with van der Waals surface area (Å²) in [7, 11) is 1.57. The third-order valence-corrected chi connectivity index (χ3v) is 2.48. The monoisotopic (exact) mass is 250 g/mol. The first-order valence-corrected chi connectivity index (χ1v) is 5.71. The second kappa shape index (κ2) is 6.64. The van der Waals surface area contributed by atoms with E-state index in [0.717, 1.165) is 5.56 Å². The number of carbonyl (C=O) groups is 1. The van der Waals surface area contributed by atoms with Crippen LogP contribution >= 0.6 is 0 Å². The highest BCUT2D eigenvalue weighted by Crippen LogP contribution is 2.14. The van der Waals surface area contributed by atoms with E-state index in [4.69, 9.17) is 9.94 Å². The molecule has 0 aromatic heterocycles. The number of hydrogen-bond acceptors (Lipinski definition) is 4. The van der Waals surface area contributed by atoms with E-state index in [1.165, 1.54) is 0 Å². The van der Waals surface area contributed by atoms with Gasteiger partial charge in [0.15, 0.2) is 6.10 Å². The third kappa shape index (κ3) is 4.08. The van der Waals surface area contributed by atoms with E-state index in [-0.39, 0.29) is 5.91 Å². The highest BCUT2D eigenvalue weighted by atomic mass is 16.5. The van der Waals surface area contributed by atoms with Gasteiger partial charge in [0.2, 0.25) is 0 Å². The predicted molar refractivity (Wildman–Crippen MR) is 69.2 cm³/mol. The molecule has 0 saturated heterocycles. The molecule has 1 aromatic rings. The van der Waals surface area contributed by atoms with E-state index in [2.05, 4.69) is 10.5 Å². The number of oxime groups is 1. The van der Waals surface area contributed by atoms with Crippen LogP contribution in [-0.4, -0.2) is 30.0 Å². The van der Waals surface area contributed by atoms with E-state index in [0.29, 0.717) is 17.9 Å². The third-order valence-electron chi connectivity index (χ3n) is 2.48. The average Bonchev–Trinajstić information content (AvgIpc) is 2.39. The van der Waals surface area contributed by atoms with Gasteiger partial charge in [0.25, 0.3) is 5.91 Å². The number of amides is 1. The summed E-state index contributed by atoms with van der Waals surface area (Å²) in [4.78, 5) is 11.3. The maximum atomic E-state index is 11.3. The maximum absolute atomic E-state index is 11.3. The molecule has 0 bridgehead atoms. The number of ether oxygens (including phenoxy) is 1. The Hall–Kier alpha value is -2.04. The highest BCUT2D eigenvalue weighted by molar-refractivity contribution is 5.83. The molecule has 0 aliphatic rings. The topological polar surface area (TPSA) is 70.9 Å². The van der Waals surface area contributed by atoms with Crippen LogP contribution in [0.3, 0.4) is 0 Å². The molecule has 1 aromatic carbocycles. The van der Waals surface area contributed by atoms with Crippen molar-refractivity contribution in [2.45, 2.75) is 26.4 Å². The molecule has 2 N–H and O–H groups in total. The normalized spacial score (nSPS) is 12.9. The lowest BCUT2D eigenvalue weighted by molar-refractivity contribution is -0.126. The quantitative estimate of drug-likeness (QED) is 0.473. The number of nitrogens with one attached hydrogen (secondary N) is 1. The summed E-state index contributed by atoms with van der Waals surface area (Å²) in [5, 5.41) is 14.2. The number of hydrogen-bond donors (Lipinski definition) is 2. The van der Waals surface area contributed by atoms with Crippen molar-refractivity contribution in [2.75, 3.05) is 7.05 Å². The van der Waals surface area contributed by atoms with Crippen LogP contribution in [0.2, 0.25) is 0 Å². The highest BCUT2D eigenvalue weighted by Gasteiger charge is 2.12. The van der Waals surface area contributed by atoms with E-state index in [9.17, 15) is 4.79 Å². The first-order valence-electron chi connectivity index (χ1n) is 5.71. The zero-order valence-corrected chi connectivity index (χ0v) is 10.8. The minimum atomic E-state index is -0.526. The van der Waals surface area contributed by atoms with Gasteiger partial charge >= 0.3 is 0 Å². The van der Waals surface area contributed by atoms with Gasteiger partial charge in [0, 0.05) is 13.5 Å². The van der Waals surface area contributed by atoms with Gasteiger partial charge in [0.1, 0.15) is 5.75 Å². The van der Waals surface area contributed by atoms with Crippen LogP contribution in [0.1, 0.15) is 19.4 Å². The van der Waals surface area contributed by atoms with Crippen LogP contribution in [0.25, 0.3) is 0 Å². The van der Waals surface area contributed by atoms with Crippen molar-refractivity contribution in [3.05, 3.63) is 29.8 Å². The summed E-state index contributed by atoms with van der Waals surface area (Å²) in [5.74, 6) is 0.468. The molecular formula is C13H18N2O3. The summed E-state index contributed by atoms with van der Waals surface area (Å²) in [5.41, 5.74) is 1.66. The summed E-state index contributed by atoms with van der Waals surface area (Å²) in [6.07, 6.45) is 0.0588. The molecule has 0 saturated carbocycles. The summed E-state index contributed by atoms with van der Waals surface area (Å²) in [6, 6.07) is 7.33. The Bertz CT molecular complexity index is 426. The van der Waals surface area contributed by atoms with Crippen LogP contribution in [0.5, 0.6) is 5.75 Å². The summed E-state index contributed by atoms with van der Waals surface area (Å²) in [6.45, 7) is 3.44. The van der Waals surface area contributed by atoms with Gasteiger partial charge in [-0.2, -0.15) is 0 Å². The first kappa shape index (κ1) is 14.0. The molecule has 5 heteroatoms. The van der Waals surface area contributed by atoms with Crippen molar-refractivity contribution in [1.82, 2.24) is 5.32 Å². The Balaban J connectivity index is 2.63. The molecule has 0 aliphatic carbocycles. The summed E-state index contributed by atoms with van der Waals surface area (Å²) < 4.78 is 5.46. The molecule has 18 heavy (non-hydrogen) atoms. The molecule has 0 fully saturated rings. The zero-order valence-electron chi connectivity index (χ0n) is 10.8. The smallest absolute Gasteiger partial charge is 0.260 e. The standard InChI is InChI=1S/C13H18N2O3/c1-9(15-17)8-11-4-6-12(7-5-11)18-10(2)13(16)14-3/h4-7,10,17H,8H2,1-3H3,(H,14,16)/b15-9+. The fourth-order valence-electron chi connectivity index (χ4n) is 1.48. The lowest BCUT2D eigenvalue weighted by Crippen LogP contribution is -2.33. The lowest BCUT2D eigenvalue weighted by atomic mass is 10.1. The van der Waals surface area contributed by atoms with Gasteiger partial charge in [0.05, 0.1) is 5.71 Å². The second-order valence-electron chi connectivity index (χ2n) is 4.03. The number of carbonyl (C=O) groups excluding carboxylic acids is 1. The van der Waals surface area contributed by atoms with E-state index in [1.54, 1.807) is 33.0 Å². The molecule has 0 spiro atoms. The van der Waals surface area contributed by atoms with Crippen LogP contribution in [0.15, 0.2) is 29.4 Å². The molecule has 1 unspecified atom stereocenters. The number of nitrogens with zero attached hydrogens (tertiary/aromatic N) is 1. The van der Waals surface area contributed by atoms with E-state index in [1.807, 2.05) is 12.1 Å². The molecule has 1 atom stereocenters. The van der Waals surface area contributed by atoms with Crippen molar-refractivity contribution >= 4 is 11.6 Å². The van der Waals surface area contributed by atoms with Gasteiger partial charge < -0.3 is 15.3 Å². The fraction of sp³-hybridized carbons (Fsp3) is 0.385. The molecule has 98 valence electrons. The van der Waals surface area contributed by atoms with Gasteiger partial charge in [-0.05, 0) is 31.5 Å². The number of likely N-dealkylation sites (N-methyl/N-ethyl adjacent to an activating group) is 1. The van der Waals surface area contributed by atoms with Crippen molar-refractivity contribution in [2.24, 2.45) is 5.16 Å². The Morgan fingerprint density at radius 3 is 2.56 bits per heavy atom. The van der Waals surface area contributed by atoms with Gasteiger partial charge in [-0.25, -0.2) is 0 Å². The average molecular weight is 250 g/mol. The SMILES string of the molecule is CNC(=O)C(C)Oc1ccc(C/C(C)=N/O)cc1. The molecule has 5 nitrogen and oxygen atoms in total. The van der Waals surface area contributed by atoms with E-state index < -0.39 is 6.10 Å².